The Labute approximate surface area is 186 Å². The van der Waals surface area contributed by atoms with E-state index in [1.807, 2.05) is 0 Å². The number of nitrogens with one attached hydrogen (secondary N) is 1. The average Bonchev–Trinajstić information content (AvgIpc) is 3.38. The van der Waals surface area contributed by atoms with E-state index in [4.69, 9.17) is 20.8 Å². The molecule has 3 rings (SSSR count). The molecule has 1 saturated heterocycles. The summed E-state index contributed by atoms with van der Waals surface area (Å²) in [4.78, 5) is 28.7. The first-order chi connectivity index (χ1) is 14.9. The quantitative estimate of drug-likeness (QED) is 0.351. The number of ether oxygens (including phenoxy) is 1. The van der Waals surface area contributed by atoms with Crippen molar-refractivity contribution in [2.24, 2.45) is 0 Å². The van der Waals surface area contributed by atoms with Gasteiger partial charge in [-0.25, -0.2) is 0 Å². The molecule has 1 amide bonds. The first kappa shape index (κ1) is 22.9. The van der Waals surface area contributed by atoms with E-state index in [0.717, 1.165) is 26.1 Å². The second-order valence-electron chi connectivity index (χ2n) is 7.42. The van der Waals surface area contributed by atoms with Gasteiger partial charge in [-0.3, -0.25) is 9.59 Å². The van der Waals surface area contributed by atoms with Crippen LogP contribution in [0.2, 0.25) is 5.02 Å². The maximum atomic E-state index is 12.9. The Hall–Kier alpha value is -2.77. The maximum absolute atomic E-state index is 12.9. The third kappa shape index (κ3) is 4.62. The van der Waals surface area contributed by atoms with Crippen molar-refractivity contribution in [3.8, 4) is 5.75 Å². The lowest BCUT2D eigenvalue weighted by Crippen LogP contribution is -3.11. The maximum Gasteiger partial charge on any atom is 0.295 e. The predicted molar refractivity (Wildman–Crippen MR) is 117 cm³/mol. The van der Waals surface area contributed by atoms with Crippen LogP contribution in [-0.4, -0.2) is 55.0 Å². The number of amides is 1. The predicted octanol–water partition coefficient (Wildman–Crippen LogP) is 2.68. The lowest BCUT2D eigenvalue weighted by molar-refractivity contribution is -0.896. The Kier molecular flexibility index (Phi) is 7.41. The topological polar surface area (TPSA) is 84.4 Å². The Bertz CT molecular complexity index is 966. The smallest absolute Gasteiger partial charge is 0.295 e. The molecule has 0 saturated carbocycles. The summed E-state index contributed by atoms with van der Waals surface area (Å²) in [5, 5.41) is 11.3. The summed E-state index contributed by atoms with van der Waals surface area (Å²) in [6.45, 7) is 7.50. The van der Waals surface area contributed by atoms with Gasteiger partial charge in [-0.15, -0.1) is 0 Å². The highest BCUT2D eigenvalue weighted by Gasteiger charge is 2.47. The van der Waals surface area contributed by atoms with Crippen LogP contribution in [0.5, 0.6) is 5.75 Å². The molecule has 166 valence electrons. The van der Waals surface area contributed by atoms with Gasteiger partial charge in [0.2, 0.25) is 0 Å². The first-order valence-electron chi connectivity index (χ1n) is 10.4. The van der Waals surface area contributed by atoms with Gasteiger partial charge in [0.05, 0.1) is 43.6 Å². The highest BCUT2D eigenvalue weighted by atomic mass is 35.5. The molecule has 8 heteroatoms. The van der Waals surface area contributed by atoms with E-state index < -0.39 is 17.7 Å². The van der Waals surface area contributed by atoms with E-state index in [1.54, 1.807) is 24.3 Å². The highest BCUT2D eigenvalue weighted by molar-refractivity contribution is 6.46. The molecule has 7 nitrogen and oxygen atoms in total. The number of rotatable bonds is 9. The zero-order chi connectivity index (χ0) is 22.5. The SMILES string of the molecule is CC[NH+](CC)CCCN1C(=O)C(=O)/C(=C(\O)c2ccc(OC)c(Cl)c2)[C@@H]1c1ccco1. The number of ketones is 1. The fraction of sp³-hybridized carbons (Fsp3) is 0.391. The zero-order valence-corrected chi connectivity index (χ0v) is 18.7. The number of furan rings is 1. The van der Waals surface area contributed by atoms with Gasteiger partial charge in [0.15, 0.2) is 0 Å². The van der Waals surface area contributed by atoms with Crippen molar-refractivity contribution in [3.05, 3.63) is 58.5 Å². The molecule has 1 aliphatic rings. The van der Waals surface area contributed by atoms with Crippen LogP contribution in [-0.2, 0) is 9.59 Å². The Morgan fingerprint density at radius 2 is 2.00 bits per heavy atom. The molecular formula is C23H28ClN2O5+. The number of methoxy groups -OCH3 is 1. The fourth-order valence-corrected chi connectivity index (χ4v) is 4.18. The Balaban J connectivity index is 1.98. The van der Waals surface area contributed by atoms with E-state index >= 15 is 0 Å². The van der Waals surface area contributed by atoms with Gasteiger partial charge < -0.3 is 24.1 Å². The fourth-order valence-electron chi connectivity index (χ4n) is 3.93. The van der Waals surface area contributed by atoms with Crippen LogP contribution in [0.15, 0.2) is 46.6 Å². The zero-order valence-electron chi connectivity index (χ0n) is 18.0. The van der Waals surface area contributed by atoms with E-state index in [2.05, 4.69) is 13.8 Å². The van der Waals surface area contributed by atoms with Gasteiger partial charge in [-0.2, -0.15) is 0 Å². The number of benzene rings is 1. The number of nitrogens with zero attached hydrogens (tertiary/aromatic N) is 1. The van der Waals surface area contributed by atoms with Crippen molar-refractivity contribution in [2.75, 3.05) is 33.3 Å². The molecule has 1 aromatic carbocycles. The van der Waals surface area contributed by atoms with Crippen molar-refractivity contribution < 1.29 is 28.7 Å². The third-order valence-corrected chi connectivity index (χ3v) is 6.00. The van der Waals surface area contributed by atoms with E-state index in [-0.39, 0.29) is 16.4 Å². The van der Waals surface area contributed by atoms with Crippen LogP contribution < -0.4 is 9.64 Å². The van der Waals surface area contributed by atoms with Crippen LogP contribution in [0, 0.1) is 0 Å². The van der Waals surface area contributed by atoms with Gasteiger partial charge in [-0.05, 0) is 44.2 Å². The van der Waals surface area contributed by atoms with Crippen molar-refractivity contribution in [2.45, 2.75) is 26.3 Å². The van der Waals surface area contributed by atoms with Gasteiger partial charge in [0.1, 0.15) is 23.3 Å². The molecule has 1 fully saturated rings. The number of halogens is 1. The van der Waals surface area contributed by atoms with Crippen LogP contribution >= 0.6 is 11.6 Å². The molecule has 2 N–H and O–H groups in total. The summed E-state index contributed by atoms with van der Waals surface area (Å²) in [5.41, 5.74) is 0.323. The van der Waals surface area contributed by atoms with Crippen molar-refractivity contribution in [1.29, 1.82) is 0 Å². The normalized spacial score (nSPS) is 18.2. The molecule has 0 spiro atoms. The summed E-state index contributed by atoms with van der Waals surface area (Å²) in [6, 6.07) is 7.31. The van der Waals surface area contributed by atoms with Crippen LogP contribution in [0.1, 0.15) is 37.6 Å². The lowest BCUT2D eigenvalue weighted by Gasteiger charge is -2.24. The largest absolute Gasteiger partial charge is 0.507 e. The minimum absolute atomic E-state index is 0.00336. The number of quaternary nitrogens is 1. The number of aliphatic hydroxyl groups excluding tert-OH is 1. The molecule has 0 unspecified atom stereocenters. The standard InChI is InChI=1S/C23H27ClN2O5/c1-4-25(5-2)11-7-12-26-20(18-8-6-13-31-18)19(22(28)23(26)29)21(27)15-9-10-17(30-3)16(24)14-15/h6,8-10,13-14,20,27H,4-5,7,11-12H2,1-3H3/p+1/b21-19-/t20-/m0/s1. The summed E-state index contributed by atoms with van der Waals surface area (Å²) in [6.07, 6.45) is 2.22. The highest BCUT2D eigenvalue weighted by Crippen LogP contribution is 2.40. The van der Waals surface area contributed by atoms with Crippen LogP contribution in [0.4, 0.5) is 0 Å². The molecule has 2 aromatic rings. The minimum Gasteiger partial charge on any atom is -0.507 e. The molecular weight excluding hydrogens is 420 g/mol. The summed E-state index contributed by atoms with van der Waals surface area (Å²) in [5.74, 6) is -0.796. The molecule has 1 aliphatic heterocycles. The van der Waals surface area contributed by atoms with Crippen LogP contribution in [0.3, 0.4) is 0 Å². The molecule has 0 aliphatic carbocycles. The lowest BCUT2D eigenvalue weighted by atomic mass is 9.99. The van der Waals surface area contributed by atoms with Gasteiger partial charge in [0, 0.05) is 18.5 Å². The number of aliphatic hydroxyl groups is 1. The molecule has 1 atom stereocenters. The van der Waals surface area contributed by atoms with Crippen molar-refractivity contribution >= 4 is 29.1 Å². The molecule has 2 heterocycles. The van der Waals surface area contributed by atoms with Gasteiger partial charge in [-0.1, -0.05) is 11.6 Å². The van der Waals surface area contributed by atoms with Crippen molar-refractivity contribution in [1.82, 2.24) is 4.90 Å². The number of Topliss-reactive ketones (excluding diaryl/α,β-unsaturated/α-hetero) is 1. The van der Waals surface area contributed by atoms with E-state index in [1.165, 1.54) is 29.2 Å². The number of carbonyl (C=O) groups is 2. The monoisotopic (exact) mass is 447 g/mol. The van der Waals surface area contributed by atoms with Gasteiger partial charge >= 0.3 is 0 Å². The van der Waals surface area contributed by atoms with Crippen molar-refractivity contribution in [3.63, 3.8) is 0 Å². The Morgan fingerprint density at radius 1 is 1.26 bits per heavy atom. The Morgan fingerprint density at radius 3 is 2.58 bits per heavy atom. The molecule has 1 aromatic heterocycles. The average molecular weight is 448 g/mol. The summed E-state index contributed by atoms with van der Waals surface area (Å²) < 4.78 is 10.7. The summed E-state index contributed by atoms with van der Waals surface area (Å²) >= 11 is 6.19. The molecule has 0 bridgehead atoms. The molecule has 0 radical (unpaired) electrons. The number of hydrogen-bond acceptors (Lipinski definition) is 5. The van der Waals surface area contributed by atoms with Crippen LogP contribution in [0.25, 0.3) is 5.76 Å². The number of likely N-dealkylation sites (tertiary alicyclic amines) is 1. The number of carbonyl (C=O) groups excluding carboxylic acids is 2. The van der Waals surface area contributed by atoms with Gasteiger partial charge in [0.25, 0.3) is 11.7 Å². The second kappa shape index (κ2) is 10.0. The molecule has 31 heavy (non-hydrogen) atoms. The van der Waals surface area contributed by atoms with E-state index in [0.29, 0.717) is 23.6 Å². The first-order valence-corrected chi connectivity index (χ1v) is 10.8. The minimum atomic E-state index is -0.789. The second-order valence-corrected chi connectivity index (χ2v) is 7.83. The summed E-state index contributed by atoms with van der Waals surface area (Å²) in [7, 11) is 1.49. The number of hydrogen-bond donors (Lipinski definition) is 2. The van der Waals surface area contributed by atoms with E-state index in [9.17, 15) is 14.7 Å². The third-order valence-electron chi connectivity index (χ3n) is 5.71.